The first-order valence-electron chi connectivity index (χ1n) is 12.1. The first kappa shape index (κ1) is 23.3. The molecule has 2 fully saturated rings. The van der Waals surface area contributed by atoms with Crippen molar-refractivity contribution in [1.29, 1.82) is 0 Å². The van der Waals surface area contributed by atoms with Gasteiger partial charge in [0.1, 0.15) is 6.04 Å². The molecule has 0 bridgehead atoms. The molecule has 1 aliphatic carbocycles. The molecule has 4 N–H and O–H groups in total. The van der Waals surface area contributed by atoms with Crippen molar-refractivity contribution in [2.24, 2.45) is 5.73 Å². The topological polar surface area (TPSA) is 122 Å². The normalized spacial score (nSPS) is 18.4. The summed E-state index contributed by atoms with van der Waals surface area (Å²) in [6.45, 7) is 1.40. The van der Waals surface area contributed by atoms with E-state index in [-0.39, 0.29) is 30.2 Å². The van der Waals surface area contributed by atoms with E-state index in [1.807, 2.05) is 54.6 Å². The molecule has 2 aromatic carbocycles. The largest absolute Gasteiger partial charge is 0.374 e. The van der Waals surface area contributed by atoms with E-state index in [2.05, 4.69) is 10.3 Å². The van der Waals surface area contributed by atoms with Crippen LogP contribution in [0.1, 0.15) is 37.3 Å². The second-order valence-corrected chi connectivity index (χ2v) is 9.56. The van der Waals surface area contributed by atoms with Crippen molar-refractivity contribution >= 4 is 22.8 Å². The summed E-state index contributed by atoms with van der Waals surface area (Å²) >= 11 is 0. The maximum absolute atomic E-state index is 13.4. The Balaban J connectivity index is 1.24. The minimum Gasteiger partial charge on any atom is -0.374 e. The van der Waals surface area contributed by atoms with Gasteiger partial charge in [0.15, 0.2) is 0 Å². The number of para-hydroxylation sites is 2. The average Bonchev–Trinajstić information content (AvgIpc) is 3.54. The lowest BCUT2D eigenvalue weighted by Crippen LogP contribution is -2.56. The van der Waals surface area contributed by atoms with Crippen LogP contribution in [0.25, 0.3) is 11.0 Å². The first-order chi connectivity index (χ1) is 16.9. The number of piperidine rings is 1. The molecule has 9 heteroatoms. The van der Waals surface area contributed by atoms with Crippen molar-refractivity contribution < 1.29 is 14.3 Å². The predicted octanol–water partition coefficient (Wildman–Crippen LogP) is 1.69. The Labute approximate surface area is 203 Å². The third-order valence-corrected chi connectivity index (χ3v) is 7.01. The molecule has 184 valence electrons. The van der Waals surface area contributed by atoms with Crippen molar-refractivity contribution in [2.45, 2.75) is 49.9 Å². The van der Waals surface area contributed by atoms with Gasteiger partial charge < -0.3 is 25.7 Å². The van der Waals surface area contributed by atoms with Gasteiger partial charge in [-0.15, -0.1) is 0 Å². The lowest BCUT2D eigenvalue weighted by Gasteiger charge is -2.35. The third-order valence-electron chi connectivity index (χ3n) is 7.01. The standard InChI is InChI=1S/C26H31N5O4/c27-26(12-13-26)24(33)28-21(17-35-16-18-6-2-1-3-7-18)23(32)30-14-10-19(11-15-30)31-22-9-5-4-8-20(22)29-25(31)34/h1-9,19,21H,10-17,27H2,(H,28,33)(H,29,34)/t21-/m1/s1. The number of rotatable bonds is 8. The highest BCUT2D eigenvalue weighted by Crippen LogP contribution is 2.32. The number of ether oxygens (including phenoxy) is 1. The maximum Gasteiger partial charge on any atom is 0.326 e. The zero-order valence-electron chi connectivity index (χ0n) is 19.6. The van der Waals surface area contributed by atoms with E-state index in [9.17, 15) is 14.4 Å². The molecule has 0 spiro atoms. The molecular weight excluding hydrogens is 446 g/mol. The molecule has 0 unspecified atom stereocenters. The van der Waals surface area contributed by atoms with Crippen molar-refractivity contribution in [2.75, 3.05) is 19.7 Å². The van der Waals surface area contributed by atoms with Gasteiger partial charge in [-0.1, -0.05) is 42.5 Å². The molecule has 1 atom stereocenters. The smallest absolute Gasteiger partial charge is 0.326 e. The van der Waals surface area contributed by atoms with Gasteiger partial charge in [0.2, 0.25) is 11.8 Å². The number of carbonyl (C=O) groups excluding carboxylic acids is 2. The van der Waals surface area contributed by atoms with Gasteiger partial charge in [0.05, 0.1) is 29.8 Å². The Morgan fingerprint density at radius 2 is 1.77 bits per heavy atom. The van der Waals surface area contributed by atoms with Gasteiger partial charge in [-0.2, -0.15) is 0 Å². The van der Waals surface area contributed by atoms with Crippen molar-refractivity contribution in [1.82, 2.24) is 19.8 Å². The molecule has 1 saturated carbocycles. The van der Waals surface area contributed by atoms with Crippen LogP contribution in [-0.4, -0.2) is 57.5 Å². The van der Waals surface area contributed by atoms with Gasteiger partial charge in [0.25, 0.3) is 0 Å². The number of aromatic nitrogens is 2. The van der Waals surface area contributed by atoms with E-state index in [4.69, 9.17) is 10.5 Å². The van der Waals surface area contributed by atoms with E-state index in [1.54, 1.807) is 9.47 Å². The summed E-state index contributed by atoms with van der Waals surface area (Å²) in [5, 5.41) is 2.83. The Morgan fingerprint density at radius 3 is 2.49 bits per heavy atom. The van der Waals surface area contributed by atoms with Gasteiger partial charge >= 0.3 is 5.69 Å². The second kappa shape index (κ2) is 9.67. The SMILES string of the molecule is NC1(C(=O)N[C@H](COCc2ccccc2)C(=O)N2CCC(n3c(=O)[nH]c4ccccc43)CC2)CC1. The van der Waals surface area contributed by atoms with Crippen molar-refractivity contribution in [3.05, 3.63) is 70.6 Å². The number of H-pyrrole nitrogens is 1. The van der Waals surface area contributed by atoms with Gasteiger partial charge in [-0.25, -0.2) is 4.79 Å². The number of imidazole rings is 1. The molecule has 2 aliphatic rings. The fourth-order valence-electron chi connectivity index (χ4n) is 4.71. The van der Waals surface area contributed by atoms with Crippen LogP contribution < -0.4 is 16.7 Å². The lowest BCUT2D eigenvalue weighted by molar-refractivity contribution is -0.140. The predicted molar refractivity (Wildman–Crippen MR) is 132 cm³/mol. The van der Waals surface area contributed by atoms with Crippen molar-refractivity contribution in [3.63, 3.8) is 0 Å². The number of likely N-dealkylation sites (tertiary alicyclic amines) is 1. The fourth-order valence-corrected chi connectivity index (χ4v) is 4.71. The molecule has 1 aliphatic heterocycles. The highest BCUT2D eigenvalue weighted by molar-refractivity contribution is 5.93. The van der Waals surface area contributed by atoms with Crippen LogP contribution in [0, 0.1) is 0 Å². The summed E-state index contributed by atoms with van der Waals surface area (Å²) in [6.07, 6.45) is 2.55. The number of fused-ring (bicyclic) bond motifs is 1. The highest BCUT2D eigenvalue weighted by atomic mass is 16.5. The lowest BCUT2D eigenvalue weighted by atomic mass is 10.0. The van der Waals surface area contributed by atoms with E-state index >= 15 is 0 Å². The zero-order chi connectivity index (χ0) is 24.4. The summed E-state index contributed by atoms with van der Waals surface area (Å²) < 4.78 is 7.62. The minimum atomic E-state index is -0.874. The number of benzene rings is 2. The third kappa shape index (κ3) is 5.01. The number of hydrogen-bond donors (Lipinski definition) is 3. The number of hydrogen-bond acceptors (Lipinski definition) is 5. The molecule has 0 radical (unpaired) electrons. The van der Waals surface area contributed by atoms with E-state index in [0.717, 1.165) is 16.6 Å². The minimum absolute atomic E-state index is 0.00356. The van der Waals surface area contributed by atoms with Crippen LogP contribution in [-0.2, 0) is 20.9 Å². The van der Waals surface area contributed by atoms with E-state index in [0.29, 0.717) is 45.4 Å². The number of amides is 2. The molecule has 1 saturated heterocycles. The Kier molecular flexibility index (Phi) is 6.44. The zero-order valence-corrected chi connectivity index (χ0v) is 19.6. The summed E-state index contributed by atoms with van der Waals surface area (Å²) in [5.41, 5.74) is 7.73. The Hall–Kier alpha value is -3.43. The van der Waals surface area contributed by atoms with Crippen LogP contribution >= 0.6 is 0 Å². The fraction of sp³-hybridized carbons (Fsp3) is 0.423. The quantitative estimate of drug-likeness (QED) is 0.456. The van der Waals surface area contributed by atoms with Crippen LogP contribution in [0.3, 0.4) is 0 Å². The summed E-state index contributed by atoms with van der Waals surface area (Å²) in [5.74, 6) is -0.486. The van der Waals surface area contributed by atoms with E-state index < -0.39 is 11.6 Å². The first-order valence-corrected chi connectivity index (χ1v) is 12.1. The molecule has 9 nitrogen and oxygen atoms in total. The van der Waals surface area contributed by atoms with Crippen LogP contribution in [0.4, 0.5) is 0 Å². The average molecular weight is 478 g/mol. The second-order valence-electron chi connectivity index (χ2n) is 9.56. The van der Waals surface area contributed by atoms with Crippen LogP contribution in [0.15, 0.2) is 59.4 Å². The van der Waals surface area contributed by atoms with Gasteiger partial charge in [0, 0.05) is 19.1 Å². The van der Waals surface area contributed by atoms with Gasteiger partial charge in [-0.3, -0.25) is 14.2 Å². The molecule has 1 aromatic heterocycles. The van der Waals surface area contributed by atoms with Crippen LogP contribution in [0.2, 0.25) is 0 Å². The summed E-state index contributed by atoms with van der Waals surface area (Å²) in [4.78, 5) is 43.3. The van der Waals surface area contributed by atoms with E-state index in [1.165, 1.54) is 0 Å². The highest BCUT2D eigenvalue weighted by Gasteiger charge is 2.47. The Morgan fingerprint density at radius 1 is 1.09 bits per heavy atom. The summed E-state index contributed by atoms with van der Waals surface area (Å²) in [6, 6.07) is 16.5. The van der Waals surface area contributed by atoms with Gasteiger partial charge in [-0.05, 0) is 43.4 Å². The van der Waals surface area contributed by atoms with Crippen LogP contribution in [0.5, 0.6) is 0 Å². The molecule has 2 amide bonds. The molecule has 35 heavy (non-hydrogen) atoms. The van der Waals surface area contributed by atoms with Crippen molar-refractivity contribution in [3.8, 4) is 0 Å². The molecule has 2 heterocycles. The monoisotopic (exact) mass is 477 g/mol. The number of nitrogens with zero attached hydrogens (tertiary/aromatic N) is 2. The maximum atomic E-state index is 13.4. The number of nitrogens with one attached hydrogen (secondary N) is 2. The molecular formula is C26H31N5O4. The molecule has 3 aromatic rings. The Bertz CT molecular complexity index is 1260. The number of nitrogens with two attached hydrogens (primary N) is 1. The number of carbonyl (C=O) groups is 2. The molecule has 5 rings (SSSR count). The summed E-state index contributed by atoms with van der Waals surface area (Å²) in [7, 11) is 0. The number of aromatic amines is 1.